The average molecular weight is 468 g/mol. The lowest BCUT2D eigenvalue weighted by atomic mass is 10.0. The normalized spacial score (nSPS) is 10.9. The van der Waals surface area contributed by atoms with Gasteiger partial charge in [0.15, 0.2) is 5.11 Å². The predicted octanol–water partition coefficient (Wildman–Crippen LogP) is 5.02. The summed E-state index contributed by atoms with van der Waals surface area (Å²) in [6.45, 7) is 1.95. The first kappa shape index (κ1) is 21.5. The fourth-order valence-corrected chi connectivity index (χ4v) is 3.98. The molecule has 8 heteroatoms. The van der Waals surface area contributed by atoms with Gasteiger partial charge in [0, 0.05) is 11.3 Å². The van der Waals surface area contributed by atoms with Crippen LogP contribution >= 0.6 is 12.2 Å². The molecule has 0 spiro atoms. The molecule has 0 saturated heterocycles. The number of thiocarbonyl (C=S) groups is 1. The highest BCUT2D eigenvalue weighted by Crippen LogP contribution is 2.23. The van der Waals surface area contributed by atoms with Gasteiger partial charge in [0.2, 0.25) is 0 Å². The molecule has 0 fully saturated rings. The molecule has 0 radical (unpaired) electrons. The lowest BCUT2D eigenvalue weighted by Crippen LogP contribution is -2.34. The number of aromatic nitrogens is 3. The molecule has 0 aliphatic heterocycles. The zero-order valence-electron chi connectivity index (χ0n) is 18.6. The Labute approximate surface area is 201 Å². The molecule has 34 heavy (non-hydrogen) atoms. The summed E-state index contributed by atoms with van der Waals surface area (Å²) >= 11 is 5.43. The van der Waals surface area contributed by atoms with E-state index in [2.05, 4.69) is 20.8 Å². The number of aryl methyl sites for hydroxylation is 1. The number of hydrogen-bond donors (Lipinski definition) is 2. The van der Waals surface area contributed by atoms with Gasteiger partial charge < -0.3 is 10.1 Å². The number of nitrogens with one attached hydrogen (secondary N) is 2. The van der Waals surface area contributed by atoms with Crippen LogP contribution in [0.25, 0.3) is 27.5 Å². The number of methoxy groups -OCH3 is 1. The maximum Gasteiger partial charge on any atom is 0.258 e. The zero-order valence-corrected chi connectivity index (χ0v) is 19.4. The Hall–Kier alpha value is -4.30. The molecule has 1 heterocycles. The van der Waals surface area contributed by atoms with E-state index in [4.69, 9.17) is 17.0 Å². The second-order valence-corrected chi connectivity index (χ2v) is 8.19. The summed E-state index contributed by atoms with van der Waals surface area (Å²) in [4.78, 5) is 14.5. The predicted molar refractivity (Wildman–Crippen MR) is 138 cm³/mol. The summed E-state index contributed by atoms with van der Waals surface area (Å²) in [5.74, 6) is 0.500. The van der Waals surface area contributed by atoms with Crippen molar-refractivity contribution in [2.75, 3.05) is 12.4 Å². The molecule has 0 aliphatic rings. The molecule has 0 aliphatic carbocycles. The Bertz CT molecular complexity index is 1540. The standard InChI is InChI=1S/C26H21N5O2S/c1-16-14-23-24(30-31(29-23)18-10-12-19(33-2)13-11-18)15-22(16)27-26(34)28-25(32)21-9-5-7-17-6-3-4-8-20(17)21/h3-15H,1-2H3,(H2,27,28,32,34). The number of anilines is 1. The highest BCUT2D eigenvalue weighted by Gasteiger charge is 2.13. The number of benzene rings is 4. The molecule has 5 aromatic rings. The quantitative estimate of drug-likeness (QED) is 0.362. The number of carbonyl (C=O) groups excluding carboxylic acids is 1. The van der Waals surface area contributed by atoms with E-state index in [0.29, 0.717) is 11.1 Å². The van der Waals surface area contributed by atoms with Crippen LogP contribution in [0.15, 0.2) is 78.9 Å². The van der Waals surface area contributed by atoms with Crippen LogP contribution in [0.4, 0.5) is 5.69 Å². The molecule has 168 valence electrons. The lowest BCUT2D eigenvalue weighted by Gasteiger charge is -2.12. The molecule has 4 aromatic carbocycles. The summed E-state index contributed by atoms with van der Waals surface area (Å²) in [6.07, 6.45) is 0. The van der Waals surface area contributed by atoms with Gasteiger partial charge in [-0.1, -0.05) is 36.4 Å². The van der Waals surface area contributed by atoms with Crippen LogP contribution in [0.2, 0.25) is 0 Å². The molecular formula is C26H21N5O2S. The van der Waals surface area contributed by atoms with Gasteiger partial charge in [-0.25, -0.2) is 0 Å². The Morgan fingerprint density at radius 3 is 2.41 bits per heavy atom. The van der Waals surface area contributed by atoms with E-state index in [0.717, 1.165) is 39.0 Å². The average Bonchev–Trinajstić information content (AvgIpc) is 3.26. The van der Waals surface area contributed by atoms with E-state index in [-0.39, 0.29) is 11.0 Å². The van der Waals surface area contributed by atoms with Crippen molar-refractivity contribution < 1.29 is 9.53 Å². The molecule has 1 aromatic heterocycles. The third kappa shape index (κ3) is 4.18. The third-order valence-corrected chi connectivity index (χ3v) is 5.74. The van der Waals surface area contributed by atoms with Crippen molar-refractivity contribution in [1.82, 2.24) is 20.3 Å². The molecule has 2 N–H and O–H groups in total. The van der Waals surface area contributed by atoms with Crippen LogP contribution in [0.3, 0.4) is 0 Å². The Morgan fingerprint density at radius 1 is 0.941 bits per heavy atom. The van der Waals surface area contributed by atoms with Crippen molar-refractivity contribution in [3.63, 3.8) is 0 Å². The van der Waals surface area contributed by atoms with E-state index < -0.39 is 0 Å². The Morgan fingerprint density at radius 2 is 1.65 bits per heavy atom. The van der Waals surface area contributed by atoms with Crippen molar-refractivity contribution in [2.45, 2.75) is 6.92 Å². The molecular weight excluding hydrogens is 446 g/mol. The van der Waals surface area contributed by atoms with Gasteiger partial charge >= 0.3 is 0 Å². The summed E-state index contributed by atoms with van der Waals surface area (Å²) in [6, 6.07) is 24.7. The summed E-state index contributed by atoms with van der Waals surface area (Å²) in [5, 5.41) is 17.1. The summed E-state index contributed by atoms with van der Waals surface area (Å²) < 4.78 is 5.21. The van der Waals surface area contributed by atoms with Crippen molar-refractivity contribution >= 4 is 50.7 Å². The van der Waals surface area contributed by atoms with Crippen molar-refractivity contribution in [3.05, 3.63) is 90.0 Å². The van der Waals surface area contributed by atoms with E-state index in [1.165, 1.54) is 0 Å². The highest BCUT2D eigenvalue weighted by atomic mass is 32.1. The first-order chi connectivity index (χ1) is 16.5. The first-order valence-corrected chi connectivity index (χ1v) is 11.0. The second kappa shape index (κ2) is 8.92. The Balaban J connectivity index is 1.36. The van der Waals surface area contributed by atoms with Crippen LogP contribution in [0.1, 0.15) is 15.9 Å². The van der Waals surface area contributed by atoms with Gasteiger partial charge in [-0.3, -0.25) is 10.1 Å². The van der Waals surface area contributed by atoms with Crippen molar-refractivity contribution in [1.29, 1.82) is 0 Å². The SMILES string of the molecule is COc1ccc(-n2nc3cc(C)c(NC(=S)NC(=O)c4cccc5ccccc45)cc3n2)cc1. The molecule has 7 nitrogen and oxygen atoms in total. The van der Waals surface area contributed by atoms with Crippen LogP contribution in [-0.4, -0.2) is 33.1 Å². The maximum absolute atomic E-state index is 12.9. The maximum atomic E-state index is 12.9. The summed E-state index contributed by atoms with van der Waals surface area (Å²) in [5.41, 5.74) is 4.52. The molecule has 1 amide bonds. The summed E-state index contributed by atoms with van der Waals surface area (Å²) in [7, 11) is 1.63. The fraction of sp³-hybridized carbons (Fsp3) is 0.0769. The van der Waals surface area contributed by atoms with Crippen LogP contribution < -0.4 is 15.4 Å². The molecule has 0 unspecified atom stereocenters. The minimum absolute atomic E-state index is 0.211. The number of rotatable bonds is 4. The van der Waals surface area contributed by atoms with Gasteiger partial charge in [0.25, 0.3) is 5.91 Å². The topological polar surface area (TPSA) is 81.1 Å². The monoisotopic (exact) mass is 467 g/mol. The van der Waals surface area contributed by atoms with Crippen LogP contribution in [0.5, 0.6) is 5.75 Å². The molecule has 0 saturated carbocycles. The van der Waals surface area contributed by atoms with E-state index in [9.17, 15) is 4.79 Å². The smallest absolute Gasteiger partial charge is 0.258 e. The number of nitrogens with zero attached hydrogens (tertiary/aromatic N) is 3. The Kier molecular flexibility index (Phi) is 5.65. The number of carbonyl (C=O) groups is 1. The first-order valence-electron chi connectivity index (χ1n) is 10.6. The van der Waals surface area contributed by atoms with E-state index in [1.54, 1.807) is 18.0 Å². The minimum Gasteiger partial charge on any atom is -0.497 e. The fourth-order valence-electron chi connectivity index (χ4n) is 3.78. The van der Waals surface area contributed by atoms with Crippen molar-refractivity contribution in [3.8, 4) is 11.4 Å². The molecule has 5 rings (SSSR count). The van der Waals surface area contributed by atoms with Gasteiger partial charge in [-0.2, -0.15) is 4.80 Å². The highest BCUT2D eigenvalue weighted by molar-refractivity contribution is 7.80. The van der Waals surface area contributed by atoms with Gasteiger partial charge in [-0.15, -0.1) is 10.2 Å². The van der Waals surface area contributed by atoms with E-state index in [1.807, 2.05) is 79.7 Å². The van der Waals surface area contributed by atoms with Gasteiger partial charge in [-0.05, 0) is 77.9 Å². The zero-order chi connectivity index (χ0) is 23.7. The number of amides is 1. The van der Waals surface area contributed by atoms with Crippen molar-refractivity contribution in [2.24, 2.45) is 0 Å². The van der Waals surface area contributed by atoms with Gasteiger partial charge in [0.1, 0.15) is 16.8 Å². The molecule has 0 atom stereocenters. The van der Waals surface area contributed by atoms with Crippen LogP contribution in [-0.2, 0) is 0 Å². The van der Waals surface area contributed by atoms with E-state index >= 15 is 0 Å². The molecule has 0 bridgehead atoms. The second-order valence-electron chi connectivity index (χ2n) is 7.78. The largest absolute Gasteiger partial charge is 0.497 e. The van der Waals surface area contributed by atoms with Gasteiger partial charge in [0.05, 0.1) is 12.8 Å². The number of ether oxygens (including phenoxy) is 1. The number of hydrogen-bond acceptors (Lipinski definition) is 5. The van der Waals surface area contributed by atoms with Crippen LogP contribution in [0, 0.1) is 6.92 Å². The number of fused-ring (bicyclic) bond motifs is 2. The lowest BCUT2D eigenvalue weighted by molar-refractivity contribution is 0.0979. The third-order valence-electron chi connectivity index (χ3n) is 5.54. The minimum atomic E-state index is -0.265.